The largest absolute Gasteiger partial charge is 0.335 e. The van der Waals surface area contributed by atoms with Crippen molar-refractivity contribution in [3.05, 3.63) is 0 Å². The standard InChI is InChI=1S/C12H21ClN2O2/c1-8(13)10(16)15-11(17)14-9-6-4-5-7-12(9,2)3/h8-9H,4-7H2,1-3H3,(H2,14,15,16,17). The van der Waals surface area contributed by atoms with E-state index in [0.29, 0.717) is 0 Å². The van der Waals surface area contributed by atoms with Crippen LogP contribution in [0.25, 0.3) is 0 Å². The molecule has 1 saturated carbocycles. The van der Waals surface area contributed by atoms with E-state index in [1.165, 1.54) is 13.3 Å². The van der Waals surface area contributed by atoms with Crippen molar-refractivity contribution in [2.45, 2.75) is 57.9 Å². The molecule has 98 valence electrons. The molecule has 3 amide bonds. The summed E-state index contributed by atoms with van der Waals surface area (Å²) >= 11 is 5.58. The van der Waals surface area contributed by atoms with Crippen LogP contribution in [-0.4, -0.2) is 23.4 Å². The number of hydrogen-bond acceptors (Lipinski definition) is 2. The lowest BCUT2D eigenvalue weighted by Crippen LogP contribution is -2.52. The second-order valence-electron chi connectivity index (χ2n) is 5.37. The Morgan fingerprint density at radius 2 is 2.00 bits per heavy atom. The third kappa shape index (κ3) is 4.19. The number of amides is 3. The van der Waals surface area contributed by atoms with E-state index in [9.17, 15) is 9.59 Å². The van der Waals surface area contributed by atoms with Crippen LogP contribution in [0.5, 0.6) is 0 Å². The SMILES string of the molecule is CC(Cl)C(=O)NC(=O)NC1CCCCC1(C)C. The normalized spacial score (nSPS) is 24.8. The average Bonchev–Trinajstić information content (AvgIpc) is 2.20. The molecule has 1 rings (SSSR count). The van der Waals surface area contributed by atoms with Crippen LogP contribution in [0.4, 0.5) is 4.79 Å². The third-order valence-corrected chi connectivity index (χ3v) is 3.61. The van der Waals surface area contributed by atoms with Gasteiger partial charge in [-0.25, -0.2) is 4.79 Å². The highest BCUT2D eigenvalue weighted by atomic mass is 35.5. The topological polar surface area (TPSA) is 58.2 Å². The molecule has 17 heavy (non-hydrogen) atoms. The fourth-order valence-electron chi connectivity index (χ4n) is 2.17. The van der Waals surface area contributed by atoms with Crippen LogP contribution in [0.1, 0.15) is 46.5 Å². The number of carbonyl (C=O) groups is 2. The first-order valence-corrected chi connectivity index (χ1v) is 6.52. The summed E-state index contributed by atoms with van der Waals surface area (Å²) in [5.74, 6) is -0.460. The van der Waals surface area contributed by atoms with Crippen LogP contribution in [0, 0.1) is 5.41 Å². The van der Waals surface area contributed by atoms with Crippen LogP contribution in [-0.2, 0) is 4.79 Å². The minimum Gasteiger partial charge on any atom is -0.335 e. The van der Waals surface area contributed by atoms with Crippen LogP contribution in [0.15, 0.2) is 0 Å². The zero-order valence-corrected chi connectivity index (χ0v) is 11.4. The lowest BCUT2D eigenvalue weighted by atomic mass is 9.73. The zero-order chi connectivity index (χ0) is 13.1. The van der Waals surface area contributed by atoms with Gasteiger partial charge < -0.3 is 5.32 Å². The van der Waals surface area contributed by atoms with Crippen molar-refractivity contribution >= 4 is 23.5 Å². The molecule has 2 N–H and O–H groups in total. The number of carbonyl (C=O) groups excluding carboxylic acids is 2. The summed E-state index contributed by atoms with van der Waals surface area (Å²) in [7, 11) is 0. The van der Waals surface area contributed by atoms with Gasteiger partial charge in [0.05, 0.1) is 0 Å². The minimum atomic E-state index is -0.694. The molecule has 0 aromatic carbocycles. The second kappa shape index (κ2) is 5.71. The smallest absolute Gasteiger partial charge is 0.321 e. The Morgan fingerprint density at radius 3 is 2.53 bits per heavy atom. The highest BCUT2D eigenvalue weighted by Gasteiger charge is 2.33. The number of nitrogens with one attached hydrogen (secondary N) is 2. The van der Waals surface area contributed by atoms with Crippen LogP contribution in [0.3, 0.4) is 0 Å². The number of hydrogen-bond donors (Lipinski definition) is 2. The molecule has 0 aliphatic heterocycles. The van der Waals surface area contributed by atoms with Crippen LogP contribution in [0.2, 0.25) is 0 Å². The molecule has 1 fully saturated rings. The van der Waals surface area contributed by atoms with E-state index in [1.807, 2.05) is 0 Å². The Hall–Kier alpha value is -0.770. The Morgan fingerprint density at radius 1 is 1.35 bits per heavy atom. The van der Waals surface area contributed by atoms with Gasteiger partial charge in [-0.15, -0.1) is 11.6 Å². The maximum Gasteiger partial charge on any atom is 0.321 e. The maximum atomic E-state index is 11.6. The first kappa shape index (κ1) is 14.3. The van der Waals surface area contributed by atoms with Crippen molar-refractivity contribution < 1.29 is 9.59 Å². The quantitative estimate of drug-likeness (QED) is 0.749. The molecule has 5 heteroatoms. The summed E-state index contributed by atoms with van der Waals surface area (Å²) in [5.41, 5.74) is 0.0885. The fraction of sp³-hybridized carbons (Fsp3) is 0.833. The molecule has 4 nitrogen and oxygen atoms in total. The van der Waals surface area contributed by atoms with Crippen molar-refractivity contribution in [1.82, 2.24) is 10.6 Å². The summed E-state index contributed by atoms with van der Waals surface area (Å²) < 4.78 is 0. The van der Waals surface area contributed by atoms with Gasteiger partial charge in [-0.3, -0.25) is 10.1 Å². The van der Waals surface area contributed by atoms with E-state index in [2.05, 4.69) is 24.5 Å². The highest BCUT2D eigenvalue weighted by molar-refractivity contribution is 6.31. The third-order valence-electron chi connectivity index (χ3n) is 3.41. The molecular weight excluding hydrogens is 240 g/mol. The number of alkyl halides is 1. The molecule has 0 aromatic heterocycles. The van der Waals surface area contributed by atoms with Crippen LogP contribution < -0.4 is 10.6 Å². The Balaban J connectivity index is 2.47. The summed E-state index contributed by atoms with van der Waals surface area (Å²) in [5, 5.41) is 4.41. The van der Waals surface area contributed by atoms with Crippen molar-refractivity contribution in [2.75, 3.05) is 0 Å². The first-order chi connectivity index (χ1) is 7.83. The molecule has 2 atom stereocenters. The van der Waals surface area contributed by atoms with E-state index in [-0.39, 0.29) is 11.5 Å². The van der Waals surface area contributed by atoms with Gasteiger partial charge in [0.25, 0.3) is 0 Å². The van der Waals surface area contributed by atoms with Gasteiger partial charge >= 0.3 is 6.03 Å². The summed E-state index contributed by atoms with van der Waals surface area (Å²) in [4.78, 5) is 22.9. The zero-order valence-electron chi connectivity index (χ0n) is 10.7. The molecule has 0 aromatic rings. The van der Waals surface area contributed by atoms with Crippen molar-refractivity contribution in [3.8, 4) is 0 Å². The van der Waals surface area contributed by atoms with E-state index in [4.69, 9.17) is 11.6 Å². The summed E-state index contributed by atoms with van der Waals surface area (Å²) in [6.07, 6.45) is 4.38. The van der Waals surface area contributed by atoms with Gasteiger partial charge in [-0.05, 0) is 25.2 Å². The lowest BCUT2D eigenvalue weighted by molar-refractivity contribution is -0.119. The Kier molecular flexibility index (Phi) is 4.80. The monoisotopic (exact) mass is 260 g/mol. The van der Waals surface area contributed by atoms with Gasteiger partial charge in [-0.1, -0.05) is 26.7 Å². The fourth-order valence-corrected chi connectivity index (χ4v) is 2.22. The molecule has 1 aliphatic carbocycles. The molecule has 2 unspecified atom stereocenters. The second-order valence-corrected chi connectivity index (χ2v) is 6.02. The average molecular weight is 261 g/mol. The number of rotatable bonds is 2. The molecule has 0 bridgehead atoms. The van der Waals surface area contributed by atoms with Gasteiger partial charge in [0.1, 0.15) is 5.38 Å². The maximum absolute atomic E-state index is 11.6. The van der Waals surface area contributed by atoms with Crippen molar-refractivity contribution in [1.29, 1.82) is 0 Å². The molecule has 0 spiro atoms. The van der Waals surface area contributed by atoms with Crippen LogP contribution >= 0.6 is 11.6 Å². The lowest BCUT2D eigenvalue weighted by Gasteiger charge is -2.38. The van der Waals surface area contributed by atoms with Gasteiger partial charge in [0.2, 0.25) is 5.91 Å². The van der Waals surface area contributed by atoms with Crippen molar-refractivity contribution in [2.24, 2.45) is 5.41 Å². The Bertz CT molecular complexity index is 303. The predicted octanol–water partition coefficient (Wildman–Crippen LogP) is 2.41. The minimum absolute atomic E-state index is 0.0885. The molecule has 1 aliphatic rings. The molecule has 0 saturated heterocycles. The number of halogens is 1. The van der Waals surface area contributed by atoms with E-state index < -0.39 is 17.3 Å². The Labute approximate surface area is 107 Å². The van der Waals surface area contributed by atoms with E-state index in [1.54, 1.807) is 0 Å². The first-order valence-electron chi connectivity index (χ1n) is 6.08. The predicted molar refractivity (Wildman–Crippen MR) is 68.0 cm³/mol. The number of imide groups is 1. The van der Waals surface area contributed by atoms with Gasteiger partial charge in [0.15, 0.2) is 0 Å². The summed E-state index contributed by atoms with van der Waals surface area (Å²) in [6.45, 7) is 5.82. The molecular formula is C12H21ClN2O2. The summed E-state index contributed by atoms with van der Waals surface area (Å²) in [6, 6.07) is -0.322. The van der Waals surface area contributed by atoms with Gasteiger partial charge in [-0.2, -0.15) is 0 Å². The van der Waals surface area contributed by atoms with E-state index >= 15 is 0 Å². The highest BCUT2D eigenvalue weighted by Crippen LogP contribution is 2.35. The van der Waals surface area contributed by atoms with Gasteiger partial charge in [0, 0.05) is 6.04 Å². The molecule has 0 heterocycles. The number of urea groups is 1. The molecule has 0 radical (unpaired) electrons. The van der Waals surface area contributed by atoms with E-state index in [0.717, 1.165) is 19.3 Å². The van der Waals surface area contributed by atoms with Crippen molar-refractivity contribution in [3.63, 3.8) is 0 Å².